The van der Waals surface area contributed by atoms with Gasteiger partial charge in [0.1, 0.15) is 11.9 Å². The number of carbonyl (C=O) groups excluding carboxylic acids is 3. The fraction of sp³-hybridized carbons (Fsp3) is 0.469. The number of nitrogens with zero attached hydrogens (tertiary/aromatic N) is 1. The van der Waals surface area contributed by atoms with Gasteiger partial charge in [-0.1, -0.05) is 36.4 Å². The summed E-state index contributed by atoms with van der Waals surface area (Å²) in [4.78, 5) is 40.3. The number of aliphatic hydroxyl groups is 2. The second kappa shape index (κ2) is 11.0. The van der Waals surface area contributed by atoms with Gasteiger partial charge in [-0.3, -0.25) is 9.59 Å². The van der Waals surface area contributed by atoms with Crippen LogP contribution in [0, 0.1) is 0 Å². The van der Waals surface area contributed by atoms with Crippen LogP contribution < -0.4 is 14.8 Å². The lowest BCUT2D eigenvalue weighted by Gasteiger charge is -2.61. The van der Waals surface area contributed by atoms with Gasteiger partial charge in [-0.25, -0.2) is 4.79 Å². The van der Waals surface area contributed by atoms with Crippen molar-refractivity contribution in [2.24, 2.45) is 0 Å². The minimum Gasteiger partial charge on any atom is -0.493 e. The fourth-order valence-corrected chi connectivity index (χ4v) is 7.26. The number of amides is 1. The maximum absolute atomic E-state index is 13.8. The molecule has 1 spiro atoms. The summed E-state index contributed by atoms with van der Waals surface area (Å²) >= 11 is 0. The lowest BCUT2D eigenvalue weighted by molar-refractivity contribution is -0.176. The van der Waals surface area contributed by atoms with Crippen molar-refractivity contribution in [3.05, 3.63) is 71.0 Å². The van der Waals surface area contributed by atoms with Crippen LogP contribution in [-0.2, 0) is 35.7 Å². The molecule has 2 aromatic rings. The molecule has 43 heavy (non-hydrogen) atoms. The van der Waals surface area contributed by atoms with Gasteiger partial charge < -0.3 is 39.4 Å². The van der Waals surface area contributed by atoms with Crippen molar-refractivity contribution in [1.29, 1.82) is 0 Å². The van der Waals surface area contributed by atoms with Gasteiger partial charge >= 0.3 is 11.9 Å². The number of rotatable bonds is 9. The van der Waals surface area contributed by atoms with E-state index in [4.69, 9.17) is 18.9 Å². The van der Waals surface area contributed by atoms with E-state index < -0.39 is 47.2 Å². The zero-order valence-corrected chi connectivity index (χ0v) is 24.4. The summed E-state index contributed by atoms with van der Waals surface area (Å²) in [6, 6.07) is 12.3. The number of hydrogen-bond donors (Lipinski definition) is 3. The first kappa shape index (κ1) is 29.2. The first-order valence-electron chi connectivity index (χ1n) is 14.5. The molecule has 2 bridgehead atoms. The Kier molecular flexibility index (Phi) is 7.44. The SMILES string of the molecule is COc1ccc2c3c1O[C@H]1C(OC(=O)C(OC(=O)CCNC(=O)C(C)O)c4ccccc4)=CC[C@@]4(O)[C@@H](C2)N(C)CC[C@]314. The normalized spacial score (nSPS) is 28.0. The number of methoxy groups -OCH3 is 1. The third kappa shape index (κ3) is 4.57. The van der Waals surface area contributed by atoms with Crippen LogP contribution >= 0.6 is 0 Å². The van der Waals surface area contributed by atoms with Gasteiger partial charge in [-0.2, -0.15) is 0 Å². The molecule has 1 saturated heterocycles. The summed E-state index contributed by atoms with van der Waals surface area (Å²) in [5.74, 6) is -0.802. The van der Waals surface area contributed by atoms with E-state index in [1.54, 1.807) is 43.5 Å². The Bertz CT molecular complexity index is 1470. The quantitative estimate of drug-likeness (QED) is 0.368. The Labute approximate surface area is 249 Å². The predicted octanol–water partition coefficient (Wildman–Crippen LogP) is 1.69. The summed E-state index contributed by atoms with van der Waals surface area (Å²) in [7, 11) is 3.59. The largest absolute Gasteiger partial charge is 0.493 e. The molecule has 11 heteroatoms. The molecule has 2 unspecified atom stereocenters. The van der Waals surface area contributed by atoms with Crippen LogP contribution in [0.4, 0.5) is 0 Å². The first-order chi connectivity index (χ1) is 20.6. The Hall–Kier alpha value is -3.93. The third-order valence-electron chi connectivity index (χ3n) is 9.35. The number of carbonyl (C=O) groups is 3. The van der Waals surface area contributed by atoms with Crippen molar-refractivity contribution in [3.63, 3.8) is 0 Å². The second-order valence-corrected chi connectivity index (χ2v) is 11.7. The maximum Gasteiger partial charge on any atom is 0.357 e. The number of piperidine rings is 1. The molecular formula is C32H36N2O9. The molecule has 4 aliphatic rings. The molecule has 6 rings (SSSR count). The first-order valence-corrected chi connectivity index (χ1v) is 14.5. The standard InChI is InChI=1S/C32H36N2O9/c1-18(35)29(37)33-15-12-24(36)42-26(19-7-5-4-6-8-19)30(38)41-22-11-13-32(39)23-17-20-9-10-21(40-3)27-25(20)31(32,28(22)43-27)14-16-34(23)2/h4-11,18,23,26,28,35,39H,12-17H2,1-3H3,(H,33,37)/t18?,23-,26?,28+,31+,32-/m1/s1. The number of nitrogens with one attached hydrogen (secondary N) is 1. The van der Waals surface area contributed by atoms with E-state index in [1.165, 1.54) is 6.92 Å². The van der Waals surface area contributed by atoms with E-state index in [0.29, 0.717) is 29.9 Å². The van der Waals surface area contributed by atoms with Crippen LogP contribution in [-0.4, -0.2) is 84.1 Å². The smallest absolute Gasteiger partial charge is 0.357 e. The van der Waals surface area contributed by atoms with Crippen LogP contribution in [0.5, 0.6) is 11.5 Å². The summed E-state index contributed by atoms with van der Waals surface area (Å²) in [6.45, 7) is 1.97. The maximum atomic E-state index is 13.8. The van der Waals surface area contributed by atoms with Crippen LogP contribution in [0.1, 0.15) is 49.0 Å². The van der Waals surface area contributed by atoms with Gasteiger partial charge in [-0.15, -0.1) is 0 Å². The molecule has 2 heterocycles. The van der Waals surface area contributed by atoms with Gasteiger partial charge in [0.05, 0.1) is 24.5 Å². The highest BCUT2D eigenvalue weighted by Gasteiger charge is 2.72. The zero-order chi connectivity index (χ0) is 30.5. The molecule has 0 aromatic heterocycles. The summed E-state index contributed by atoms with van der Waals surface area (Å²) in [5.41, 5.74) is 0.387. The minimum atomic E-state index is -1.38. The lowest BCUT2D eigenvalue weighted by atomic mass is 9.50. The highest BCUT2D eigenvalue weighted by Crippen LogP contribution is 2.65. The van der Waals surface area contributed by atoms with E-state index in [2.05, 4.69) is 10.2 Å². The number of hydrogen-bond acceptors (Lipinski definition) is 10. The molecular weight excluding hydrogens is 556 g/mol. The monoisotopic (exact) mass is 592 g/mol. The second-order valence-electron chi connectivity index (χ2n) is 11.7. The van der Waals surface area contributed by atoms with Crippen molar-refractivity contribution in [2.75, 3.05) is 27.2 Å². The zero-order valence-electron chi connectivity index (χ0n) is 24.4. The van der Waals surface area contributed by atoms with Crippen molar-refractivity contribution in [1.82, 2.24) is 10.2 Å². The number of ether oxygens (including phenoxy) is 4. The summed E-state index contributed by atoms with van der Waals surface area (Å²) in [5, 5.41) is 24.2. The third-order valence-corrected chi connectivity index (χ3v) is 9.35. The van der Waals surface area contributed by atoms with Crippen molar-refractivity contribution in [2.45, 2.75) is 68.0 Å². The van der Waals surface area contributed by atoms with Crippen molar-refractivity contribution >= 4 is 17.8 Å². The van der Waals surface area contributed by atoms with Crippen LogP contribution in [0.2, 0.25) is 0 Å². The molecule has 2 aromatic carbocycles. The molecule has 0 radical (unpaired) electrons. The molecule has 1 amide bonds. The van der Waals surface area contributed by atoms with Crippen LogP contribution in [0.25, 0.3) is 0 Å². The van der Waals surface area contributed by atoms with Gasteiger partial charge in [0.2, 0.25) is 12.0 Å². The van der Waals surface area contributed by atoms with Gasteiger partial charge in [0.15, 0.2) is 17.6 Å². The molecule has 2 aliphatic heterocycles. The van der Waals surface area contributed by atoms with E-state index in [-0.39, 0.29) is 31.2 Å². The van der Waals surface area contributed by atoms with Crippen LogP contribution in [0.3, 0.4) is 0 Å². The molecule has 1 fully saturated rings. The topological polar surface area (TPSA) is 144 Å². The average Bonchev–Trinajstić information content (AvgIpc) is 3.35. The molecule has 6 atom stereocenters. The average molecular weight is 593 g/mol. The number of aliphatic hydroxyl groups excluding tert-OH is 1. The fourth-order valence-electron chi connectivity index (χ4n) is 7.26. The van der Waals surface area contributed by atoms with Crippen molar-refractivity contribution in [3.8, 4) is 11.5 Å². The van der Waals surface area contributed by atoms with Gasteiger partial charge in [-0.05, 0) is 51.1 Å². The summed E-state index contributed by atoms with van der Waals surface area (Å²) in [6.07, 6.45) is -0.404. The Morgan fingerprint density at radius 1 is 1.19 bits per heavy atom. The summed E-state index contributed by atoms with van der Waals surface area (Å²) < 4.78 is 23.8. The van der Waals surface area contributed by atoms with Crippen LogP contribution in [0.15, 0.2) is 54.3 Å². The highest BCUT2D eigenvalue weighted by molar-refractivity contribution is 5.83. The Morgan fingerprint density at radius 2 is 1.95 bits per heavy atom. The molecule has 228 valence electrons. The molecule has 2 aliphatic carbocycles. The van der Waals surface area contributed by atoms with E-state index >= 15 is 0 Å². The van der Waals surface area contributed by atoms with E-state index in [0.717, 1.165) is 17.7 Å². The number of benzene rings is 2. The van der Waals surface area contributed by atoms with Gasteiger partial charge in [0, 0.05) is 30.1 Å². The van der Waals surface area contributed by atoms with E-state index in [9.17, 15) is 24.6 Å². The predicted molar refractivity (Wildman–Crippen MR) is 152 cm³/mol. The van der Waals surface area contributed by atoms with E-state index in [1.807, 2.05) is 19.2 Å². The lowest BCUT2D eigenvalue weighted by Crippen LogP contribution is -2.74. The minimum absolute atomic E-state index is 0.0701. The highest BCUT2D eigenvalue weighted by atomic mass is 16.6. The Morgan fingerprint density at radius 3 is 2.67 bits per heavy atom. The number of esters is 2. The molecule has 11 nitrogen and oxygen atoms in total. The molecule has 3 N–H and O–H groups in total. The number of likely N-dealkylation sites (tertiary alicyclic amines) is 1. The Balaban J connectivity index is 1.29. The van der Waals surface area contributed by atoms with Gasteiger partial charge in [0.25, 0.3) is 0 Å². The molecule has 0 saturated carbocycles. The van der Waals surface area contributed by atoms with Crippen molar-refractivity contribution < 1.29 is 43.5 Å². The number of likely N-dealkylation sites (N-methyl/N-ethyl adjacent to an activating group) is 1.